The number of nitrogens with one attached hydrogen (secondary N) is 1. The van der Waals surface area contributed by atoms with Crippen molar-refractivity contribution in [2.75, 3.05) is 0 Å². The van der Waals surface area contributed by atoms with Gasteiger partial charge in [0.25, 0.3) is 5.91 Å². The summed E-state index contributed by atoms with van der Waals surface area (Å²) in [5.74, 6) is -0.147. The molecule has 7 nitrogen and oxygen atoms in total. The Morgan fingerprint density at radius 2 is 1.93 bits per heavy atom. The number of amides is 1. The third-order valence-electron chi connectivity index (χ3n) is 4.58. The molecule has 2 heterocycles. The van der Waals surface area contributed by atoms with Crippen molar-refractivity contribution in [3.8, 4) is 0 Å². The molecule has 0 saturated carbocycles. The molecule has 0 atom stereocenters. The van der Waals surface area contributed by atoms with Crippen molar-refractivity contribution in [1.82, 2.24) is 30.1 Å². The summed E-state index contributed by atoms with van der Waals surface area (Å²) in [5.41, 5.74) is 3.43. The number of benzene rings is 2. The highest BCUT2D eigenvalue weighted by molar-refractivity contribution is 6.06. The van der Waals surface area contributed by atoms with E-state index in [1.165, 1.54) is 0 Å². The molecule has 0 aliphatic rings. The largest absolute Gasteiger partial charge is 0.346 e. The number of hydrogen-bond acceptors (Lipinski definition) is 4. The maximum atomic E-state index is 12.7. The van der Waals surface area contributed by atoms with Crippen LogP contribution in [-0.2, 0) is 13.1 Å². The molecule has 1 amide bonds. The molecule has 28 heavy (non-hydrogen) atoms. The first-order valence-electron chi connectivity index (χ1n) is 9.29. The van der Waals surface area contributed by atoms with E-state index >= 15 is 0 Å². The van der Waals surface area contributed by atoms with Crippen molar-refractivity contribution in [2.45, 2.75) is 33.0 Å². The average molecular weight is 374 g/mol. The van der Waals surface area contributed by atoms with Gasteiger partial charge in [0.15, 0.2) is 0 Å². The first-order chi connectivity index (χ1) is 13.6. The molecule has 0 aliphatic heterocycles. The van der Waals surface area contributed by atoms with E-state index in [4.69, 9.17) is 0 Å². The first-order valence-corrected chi connectivity index (χ1v) is 9.29. The van der Waals surface area contributed by atoms with Gasteiger partial charge in [-0.3, -0.25) is 9.48 Å². The molecule has 0 spiro atoms. The second kappa shape index (κ2) is 7.64. The van der Waals surface area contributed by atoms with Crippen molar-refractivity contribution in [1.29, 1.82) is 0 Å². The number of carbonyl (C=O) groups excluding carboxylic acids is 1. The molecule has 4 aromatic rings. The van der Waals surface area contributed by atoms with Crippen molar-refractivity contribution in [2.24, 2.45) is 0 Å². The predicted octanol–water partition coefficient (Wildman–Crippen LogP) is 3.19. The van der Waals surface area contributed by atoms with Crippen LogP contribution in [0.1, 0.15) is 41.5 Å². The van der Waals surface area contributed by atoms with Crippen molar-refractivity contribution < 1.29 is 4.79 Å². The fourth-order valence-electron chi connectivity index (χ4n) is 3.21. The van der Waals surface area contributed by atoms with Crippen LogP contribution in [0.3, 0.4) is 0 Å². The Morgan fingerprint density at radius 1 is 1.11 bits per heavy atom. The van der Waals surface area contributed by atoms with Crippen LogP contribution >= 0.6 is 0 Å². The van der Waals surface area contributed by atoms with Crippen LogP contribution in [-0.4, -0.2) is 30.7 Å². The minimum Gasteiger partial charge on any atom is -0.346 e. The lowest BCUT2D eigenvalue weighted by Gasteiger charge is -2.08. The van der Waals surface area contributed by atoms with Gasteiger partial charge in [-0.05, 0) is 31.5 Å². The number of nitrogens with zero attached hydrogens (tertiary/aromatic N) is 5. The Hall–Kier alpha value is -3.48. The number of carbonyl (C=O) groups is 1. The molecule has 0 aliphatic carbocycles. The zero-order valence-corrected chi connectivity index (χ0v) is 15.9. The van der Waals surface area contributed by atoms with E-state index in [1.54, 1.807) is 10.9 Å². The highest BCUT2D eigenvalue weighted by Crippen LogP contribution is 2.21. The lowest BCUT2D eigenvalue weighted by atomic mass is 10.1. The second-order valence-corrected chi connectivity index (χ2v) is 7.00. The van der Waals surface area contributed by atoms with E-state index in [1.807, 2.05) is 59.4 Å². The minimum atomic E-state index is -0.147. The Morgan fingerprint density at radius 3 is 2.71 bits per heavy atom. The summed E-state index contributed by atoms with van der Waals surface area (Å²) in [6.45, 7) is 5.10. The van der Waals surface area contributed by atoms with Gasteiger partial charge in [-0.25, -0.2) is 4.68 Å². The zero-order chi connectivity index (χ0) is 19.5. The first kappa shape index (κ1) is 17.9. The summed E-state index contributed by atoms with van der Waals surface area (Å²) in [6, 6.07) is 16.0. The summed E-state index contributed by atoms with van der Waals surface area (Å²) in [7, 11) is 0. The molecule has 7 heteroatoms. The summed E-state index contributed by atoms with van der Waals surface area (Å²) in [6.07, 6.45) is 3.60. The number of aromatic nitrogens is 5. The molecule has 0 radical (unpaired) electrons. The number of fused-ring (bicyclic) bond motifs is 1. The predicted molar refractivity (Wildman–Crippen MR) is 107 cm³/mol. The van der Waals surface area contributed by atoms with Crippen molar-refractivity contribution >= 4 is 16.8 Å². The van der Waals surface area contributed by atoms with Crippen LogP contribution in [0.25, 0.3) is 10.9 Å². The molecule has 1 N–H and O–H groups in total. The van der Waals surface area contributed by atoms with Crippen LogP contribution in [0.15, 0.2) is 60.9 Å². The van der Waals surface area contributed by atoms with Gasteiger partial charge in [-0.2, -0.15) is 5.10 Å². The van der Waals surface area contributed by atoms with E-state index in [0.717, 1.165) is 16.5 Å². The molecule has 2 aromatic heterocycles. The fraction of sp³-hybridized carbons (Fsp3) is 0.238. The Balaban J connectivity index is 1.44. The molecule has 0 fully saturated rings. The summed E-state index contributed by atoms with van der Waals surface area (Å²) < 4.78 is 3.69. The van der Waals surface area contributed by atoms with Crippen LogP contribution < -0.4 is 5.32 Å². The van der Waals surface area contributed by atoms with Crippen LogP contribution in [0.2, 0.25) is 0 Å². The SMILES string of the molecule is CC(C)n1ncc2c(C(=O)NCc3cn(Cc4ccccc4)nn3)cccc21. The molecule has 142 valence electrons. The highest BCUT2D eigenvalue weighted by Gasteiger charge is 2.14. The van der Waals surface area contributed by atoms with E-state index in [9.17, 15) is 4.79 Å². The van der Waals surface area contributed by atoms with Crippen LogP contribution in [0.5, 0.6) is 0 Å². The summed E-state index contributed by atoms with van der Waals surface area (Å²) in [5, 5.41) is 16.5. The van der Waals surface area contributed by atoms with Crippen molar-refractivity contribution in [3.63, 3.8) is 0 Å². The van der Waals surface area contributed by atoms with E-state index < -0.39 is 0 Å². The summed E-state index contributed by atoms with van der Waals surface area (Å²) in [4.78, 5) is 12.7. The minimum absolute atomic E-state index is 0.147. The van der Waals surface area contributed by atoms with Gasteiger partial charge in [-0.1, -0.05) is 41.6 Å². The van der Waals surface area contributed by atoms with Gasteiger partial charge in [-0.15, -0.1) is 5.10 Å². The highest BCUT2D eigenvalue weighted by atomic mass is 16.1. The van der Waals surface area contributed by atoms with Gasteiger partial charge in [0.2, 0.25) is 0 Å². The molecule has 0 unspecified atom stereocenters. The monoisotopic (exact) mass is 374 g/mol. The van der Waals surface area contributed by atoms with Gasteiger partial charge >= 0.3 is 0 Å². The van der Waals surface area contributed by atoms with Gasteiger partial charge < -0.3 is 5.32 Å². The standard InChI is InChI=1S/C21H22N6O/c1-15(2)27-20-10-6-9-18(19(20)12-23-27)21(28)22-11-17-14-26(25-24-17)13-16-7-4-3-5-8-16/h3-10,12,14-15H,11,13H2,1-2H3,(H,22,28). The third kappa shape index (κ3) is 3.64. The molecule has 0 bridgehead atoms. The second-order valence-electron chi connectivity index (χ2n) is 7.00. The van der Waals surface area contributed by atoms with E-state index in [2.05, 4.69) is 34.6 Å². The zero-order valence-electron chi connectivity index (χ0n) is 15.9. The number of rotatable bonds is 6. The van der Waals surface area contributed by atoms with Crippen molar-refractivity contribution in [3.05, 3.63) is 77.7 Å². The molecule has 2 aromatic carbocycles. The Kier molecular flexibility index (Phi) is 4.89. The lowest BCUT2D eigenvalue weighted by Crippen LogP contribution is -2.23. The maximum Gasteiger partial charge on any atom is 0.252 e. The topological polar surface area (TPSA) is 77.6 Å². The Labute approximate surface area is 163 Å². The van der Waals surface area contributed by atoms with E-state index in [0.29, 0.717) is 24.3 Å². The number of hydrogen-bond donors (Lipinski definition) is 1. The molecule has 0 saturated heterocycles. The molecule has 4 rings (SSSR count). The van der Waals surface area contributed by atoms with Crippen LogP contribution in [0, 0.1) is 0 Å². The normalized spacial score (nSPS) is 11.2. The fourth-order valence-corrected chi connectivity index (χ4v) is 3.21. The van der Waals surface area contributed by atoms with Gasteiger partial charge in [0, 0.05) is 11.4 Å². The average Bonchev–Trinajstić information content (AvgIpc) is 3.33. The molecular formula is C21H22N6O. The maximum absolute atomic E-state index is 12.7. The van der Waals surface area contributed by atoms with E-state index in [-0.39, 0.29) is 11.9 Å². The van der Waals surface area contributed by atoms with Gasteiger partial charge in [0.05, 0.1) is 36.6 Å². The van der Waals surface area contributed by atoms with Crippen LogP contribution in [0.4, 0.5) is 0 Å². The smallest absolute Gasteiger partial charge is 0.252 e. The molecular weight excluding hydrogens is 352 g/mol. The Bertz CT molecular complexity index is 1100. The lowest BCUT2D eigenvalue weighted by molar-refractivity contribution is 0.0952. The summed E-state index contributed by atoms with van der Waals surface area (Å²) >= 11 is 0. The third-order valence-corrected chi connectivity index (χ3v) is 4.58. The quantitative estimate of drug-likeness (QED) is 0.562. The van der Waals surface area contributed by atoms with Gasteiger partial charge in [0.1, 0.15) is 5.69 Å².